The van der Waals surface area contributed by atoms with E-state index in [1.165, 1.54) is 33.5 Å². The smallest absolute Gasteiger partial charge is 0.269 e. The Balaban J connectivity index is 1.71. The first-order valence-corrected chi connectivity index (χ1v) is 10.6. The summed E-state index contributed by atoms with van der Waals surface area (Å²) in [6.45, 7) is 3.74. The maximum absolute atomic E-state index is 12.9. The molecule has 148 valence electrons. The molecule has 0 spiro atoms. The monoisotopic (exact) mass is 397 g/mol. The van der Waals surface area contributed by atoms with Gasteiger partial charge < -0.3 is 9.80 Å². The molecule has 2 aliphatic rings. The number of sulfonamides is 1. The van der Waals surface area contributed by atoms with Gasteiger partial charge in [0.25, 0.3) is 5.69 Å². The molecule has 0 saturated carbocycles. The number of nitro groups is 1. The predicted octanol–water partition coefficient (Wildman–Crippen LogP) is -0.648. The van der Waals surface area contributed by atoms with Crippen molar-refractivity contribution in [2.24, 2.45) is 5.92 Å². The van der Waals surface area contributed by atoms with Crippen molar-refractivity contribution >= 4 is 21.6 Å². The van der Waals surface area contributed by atoms with Crippen LogP contribution in [0.2, 0.25) is 0 Å². The van der Waals surface area contributed by atoms with Crippen LogP contribution in [0.15, 0.2) is 29.2 Å². The highest BCUT2D eigenvalue weighted by Gasteiger charge is 2.36. The number of carbonyl (C=O) groups excluding carboxylic acids is 1. The molecule has 0 radical (unpaired) electrons. The van der Waals surface area contributed by atoms with Gasteiger partial charge in [-0.05, 0) is 25.0 Å². The van der Waals surface area contributed by atoms with E-state index in [4.69, 9.17) is 0 Å². The van der Waals surface area contributed by atoms with E-state index in [2.05, 4.69) is 7.05 Å². The molecule has 1 aromatic carbocycles. The van der Waals surface area contributed by atoms with Gasteiger partial charge in [0, 0.05) is 25.2 Å². The van der Waals surface area contributed by atoms with Gasteiger partial charge in [0.2, 0.25) is 15.9 Å². The Bertz CT molecular complexity index is 803. The van der Waals surface area contributed by atoms with Gasteiger partial charge in [-0.3, -0.25) is 14.9 Å². The van der Waals surface area contributed by atoms with Gasteiger partial charge in [-0.2, -0.15) is 4.31 Å². The van der Waals surface area contributed by atoms with Crippen molar-refractivity contribution in [1.82, 2.24) is 9.21 Å². The summed E-state index contributed by atoms with van der Waals surface area (Å²) in [5, 5.41) is 10.8. The number of nitrogens with zero attached hydrogens (tertiary/aromatic N) is 3. The van der Waals surface area contributed by atoms with E-state index in [1.54, 1.807) is 0 Å². The lowest BCUT2D eigenvalue weighted by Crippen LogP contribution is -3.12. The number of nitrogens with one attached hydrogen (secondary N) is 1. The van der Waals surface area contributed by atoms with Crippen LogP contribution in [0, 0.1) is 16.0 Å². The summed E-state index contributed by atoms with van der Waals surface area (Å²) in [7, 11) is -1.68. The topological polar surface area (TPSA) is 105 Å². The lowest BCUT2D eigenvalue weighted by atomic mass is 9.98. The van der Waals surface area contributed by atoms with E-state index in [1.807, 2.05) is 4.90 Å². The molecule has 1 amide bonds. The molecule has 2 heterocycles. The normalized spacial score (nSPS) is 22.6. The van der Waals surface area contributed by atoms with Crippen LogP contribution in [-0.2, 0) is 14.8 Å². The minimum atomic E-state index is -3.77. The molecule has 3 rings (SSSR count). The van der Waals surface area contributed by atoms with Crippen LogP contribution in [0.3, 0.4) is 0 Å². The zero-order valence-corrected chi connectivity index (χ0v) is 16.2. The van der Waals surface area contributed by atoms with E-state index in [0.717, 1.165) is 13.1 Å². The van der Waals surface area contributed by atoms with Gasteiger partial charge in [0.15, 0.2) is 0 Å². The Morgan fingerprint density at radius 3 is 2.41 bits per heavy atom. The summed E-state index contributed by atoms with van der Waals surface area (Å²) in [6.07, 6.45) is 1.31. The van der Waals surface area contributed by atoms with E-state index < -0.39 is 14.9 Å². The second-order valence-corrected chi connectivity index (χ2v) is 9.17. The summed E-state index contributed by atoms with van der Waals surface area (Å²) in [5.74, 6) is -0.295. The third-order valence-corrected chi connectivity index (χ3v) is 7.23. The van der Waals surface area contributed by atoms with Crippen molar-refractivity contribution in [3.8, 4) is 0 Å². The SMILES string of the molecule is C[NH+]1CCN(C(=O)[C@H]2CCCN(S(=O)(=O)c3ccc([N+](=O)[O-])cc3)C2)CC1. The average molecular weight is 397 g/mol. The first-order valence-electron chi connectivity index (χ1n) is 9.14. The molecular weight excluding hydrogens is 372 g/mol. The maximum atomic E-state index is 12.9. The minimum absolute atomic E-state index is 0.0180. The molecule has 0 bridgehead atoms. The quantitative estimate of drug-likeness (QED) is 0.537. The Morgan fingerprint density at radius 1 is 1.19 bits per heavy atom. The third-order valence-electron chi connectivity index (χ3n) is 5.35. The van der Waals surface area contributed by atoms with Gasteiger partial charge >= 0.3 is 0 Å². The van der Waals surface area contributed by atoms with Crippen LogP contribution in [0.25, 0.3) is 0 Å². The number of hydrogen-bond acceptors (Lipinski definition) is 5. The fourth-order valence-corrected chi connectivity index (χ4v) is 5.14. The first-order chi connectivity index (χ1) is 12.8. The summed E-state index contributed by atoms with van der Waals surface area (Å²) < 4.78 is 27.1. The van der Waals surface area contributed by atoms with Gasteiger partial charge in [-0.1, -0.05) is 0 Å². The number of non-ortho nitro benzene ring substituents is 1. The minimum Gasteiger partial charge on any atom is -0.334 e. The number of quaternary nitrogens is 1. The van der Waals surface area contributed by atoms with E-state index in [9.17, 15) is 23.3 Å². The molecule has 10 heteroatoms. The molecule has 2 saturated heterocycles. The molecule has 2 aliphatic heterocycles. The number of hydrogen-bond donors (Lipinski definition) is 1. The van der Waals surface area contributed by atoms with Gasteiger partial charge in [0.1, 0.15) is 0 Å². The Hall–Kier alpha value is -2.04. The first kappa shape index (κ1) is 19.7. The number of benzene rings is 1. The molecule has 1 aromatic rings. The van der Waals surface area contributed by atoms with Gasteiger partial charge in [0.05, 0.1) is 49.0 Å². The van der Waals surface area contributed by atoms with Crippen molar-refractivity contribution in [3.05, 3.63) is 34.4 Å². The fourth-order valence-electron chi connectivity index (χ4n) is 3.62. The zero-order chi connectivity index (χ0) is 19.6. The molecule has 9 nitrogen and oxygen atoms in total. The van der Waals surface area contributed by atoms with Crippen LogP contribution in [0.5, 0.6) is 0 Å². The molecule has 1 atom stereocenters. The molecule has 0 aliphatic carbocycles. The molecule has 27 heavy (non-hydrogen) atoms. The number of nitro benzene ring substituents is 1. The second-order valence-electron chi connectivity index (χ2n) is 7.24. The van der Waals surface area contributed by atoms with E-state index in [-0.39, 0.29) is 29.0 Å². The number of likely N-dealkylation sites (N-methyl/N-ethyl adjacent to an activating group) is 1. The number of amides is 1. The van der Waals surface area contributed by atoms with Crippen molar-refractivity contribution in [2.45, 2.75) is 17.7 Å². The lowest BCUT2D eigenvalue weighted by molar-refractivity contribution is -0.883. The zero-order valence-electron chi connectivity index (χ0n) is 15.3. The van der Waals surface area contributed by atoms with E-state index >= 15 is 0 Å². The molecule has 0 aromatic heterocycles. The molecule has 1 N–H and O–H groups in total. The largest absolute Gasteiger partial charge is 0.334 e. The Kier molecular flexibility index (Phi) is 5.78. The van der Waals surface area contributed by atoms with Crippen molar-refractivity contribution in [2.75, 3.05) is 46.3 Å². The summed E-state index contributed by atoms with van der Waals surface area (Å²) >= 11 is 0. The highest BCUT2D eigenvalue weighted by atomic mass is 32.2. The maximum Gasteiger partial charge on any atom is 0.269 e. The number of carbonyl (C=O) groups is 1. The third kappa shape index (κ3) is 4.28. The van der Waals surface area contributed by atoms with Crippen molar-refractivity contribution < 1.29 is 23.0 Å². The number of piperazine rings is 1. The summed E-state index contributed by atoms with van der Waals surface area (Å²) in [4.78, 5) is 26.3. The Labute approximate surface area is 158 Å². The van der Waals surface area contributed by atoms with E-state index in [0.29, 0.717) is 32.5 Å². The lowest BCUT2D eigenvalue weighted by Gasteiger charge is -2.36. The van der Waals surface area contributed by atoms with Crippen LogP contribution in [0.4, 0.5) is 5.69 Å². The standard InChI is InChI=1S/C17H24N4O5S/c1-18-9-11-19(12-10-18)17(22)14-3-2-8-20(13-14)27(25,26)16-6-4-15(5-7-16)21(23)24/h4-7,14H,2-3,8-13H2,1H3/p+1/t14-/m0/s1. The van der Waals surface area contributed by atoms with Gasteiger partial charge in [-0.25, -0.2) is 8.42 Å². The summed E-state index contributed by atoms with van der Waals surface area (Å²) in [6, 6.07) is 4.88. The van der Waals surface area contributed by atoms with Gasteiger partial charge in [-0.15, -0.1) is 0 Å². The Morgan fingerprint density at radius 2 is 1.81 bits per heavy atom. The number of piperidine rings is 1. The molecular formula is C17H25N4O5S+. The van der Waals surface area contributed by atoms with Crippen LogP contribution in [0.1, 0.15) is 12.8 Å². The highest BCUT2D eigenvalue weighted by Crippen LogP contribution is 2.26. The average Bonchev–Trinajstić information content (AvgIpc) is 2.68. The van der Waals surface area contributed by atoms with Crippen LogP contribution in [-0.4, -0.2) is 74.8 Å². The van der Waals surface area contributed by atoms with Crippen molar-refractivity contribution in [1.29, 1.82) is 0 Å². The predicted molar refractivity (Wildman–Crippen MR) is 97.8 cm³/mol. The molecule has 0 unspecified atom stereocenters. The van der Waals surface area contributed by atoms with Crippen molar-refractivity contribution in [3.63, 3.8) is 0 Å². The number of rotatable bonds is 4. The van der Waals surface area contributed by atoms with Crippen LogP contribution >= 0.6 is 0 Å². The summed E-state index contributed by atoms with van der Waals surface area (Å²) in [5.41, 5.74) is -0.155. The second kappa shape index (κ2) is 7.91. The fraction of sp³-hybridized carbons (Fsp3) is 0.588. The highest BCUT2D eigenvalue weighted by molar-refractivity contribution is 7.89. The molecule has 2 fully saturated rings. The van der Waals surface area contributed by atoms with Crippen LogP contribution < -0.4 is 4.90 Å².